The molecule has 1 aromatic rings. The van der Waals surface area contributed by atoms with E-state index in [1.807, 2.05) is 12.3 Å². The van der Waals surface area contributed by atoms with Crippen molar-refractivity contribution in [3.8, 4) is 0 Å². The van der Waals surface area contributed by atoms with Gasteiger partial charge in [-0.15, -0.1) is 11.6 Å². The molecular weight excluding hydrogens is 174 g/mol. The largest absolute Gasteiger partial charge is 0.312 e. The minimum Gasteiger partial charge on any atom is -0.312 e. The van der Waals surface area contributed by atoms with E-state index < -0.39 is 0 Å². The van der Waals surface area contributed by atoms with Crippen LogP contribution in [0.5, 0.6) is 0 Å². The van der Waals surface area contributed by atoms with Gasteiger partial charge in [0.2, 0.25) is 0 Å². The number of alkyl halides is 1. The predicted octanol–water partition coefficient (Wildman–Crippen LogP) is 1.92. The second-order valence-corrected chi connectivity index (χ2v) is 3.38. The van der Waals surface area contributed by atoms with Crippen molar-refractivity contribution in [1.82, 2.24) is 4.57 Å². The standard InChI is InChI=1S/C9H10ClNO/c10-6-7-2-1-5-11(9(7)12)8-3-4-8/h1-2,5,8H,3-4,6H2. The minimum atomic E-state index is 0.0787. The lowest BCUT2D eigenvalue weighted by Gasteiger charge is -2.03. The molecule has 2 nitrogen and oxygen atoms in total. The molecule has 0 amide bonds. The van der Waals surface area contributed by atoms with Crippen molar-refractivity contribution in [3.63, 3.8) is 0 Å². The third-order valence-electron chi connectivity index (χ3n) is 2.14. The van der Waals surface area contributed by atoms with E-state index in [0.717, 1.165) is 12.8 Å². The summed E-state index contributed by atoms with van der Waals surface area (Å²) in [5.41, 5.74) is 0.779. The lowest BCUT2D eigenvalue weighted by atomic mass is 10.3. The fourth-order valence-electron chi connectivity index (χ4n) is 1.30. The highest BCUT2D eigenvalue weighted by Gasteiger charge is 2.24. The Balaban J connectivity index is 2.48. The molecule has 0 atom stereocenters. The van der Waals surface area contributed by atoms with E-state index >= 15 is 0 Å². The quantitative estimate of drug-likeness (QED) is 0.643. The zero-order chi connectivity index (χ0) is 8.55. The summed E-state index contributed by atoms with van der Waals surface area (Å²) in [6.45, 7) is 0. The number of rotatable bonds is 2. The molecule has 0 saturated heterocycles. The average Bonchev–Trinajstić information content (AvgIpc) is 2.88. The van der Waals surface area contributed by atoms with Gasteiger partial charge in [0.1, 0.15) is 0 Å². The fourth-order valence-corrected chi connectivity index (χ4v) is 1.50. The third kappa shape index (κ3) is 1.27. The van der Waals surface area contributed by atoms with Gasteiger partial charge in [-0.2, -0.15) is 0 Å². The number of pyridine rings is 1. The molecule has 0 unspecified atom stereocenters. The zero-order valence-corrected chi connectivity index (χ0v) is 7.42. The van der Waals surface area contributed by atoms with Crippen molar-refractivity contribution in [3.05, 3.63) is 34.2 Å². The van der Waals surface area contributed by atoms with Gasteiger partial charge in [-0.25, -0.2) is 0 Å². The van der Waals surface area contributed by atoms with Gasteiger partial charge in [-0.1, -0.05) is 6.07 Å². The molecular formula is C9H10ClNO. The Labute approximate surface area is 75.8 Å². The Bertz CT molecular complexity index is 341. The van der Waals surface area contributed by atoms with Crippen LogP contribution in [0, 0.1) is 0 Å². The van der Waals surface area contributed by atoms with Crippen LogP contribution in [-0.4, -0.2) is 4.57 Å². The summed E-state index contributed by atoms with van der Waals surface area (Å²) < 4.78 is 1.79. The van der Waals surface area contributed by atoms with E-state index in [-0.39, 0.29) is 5.56 Å². The van der Waals surface area contributed by atoms with E-state index in [1.165, 1.54) is 0 Å². The molecule has 0 bridgehead atoms. The molecule has 0 radical (unpaired) electrons. The van der Waals surface area contributed by atoms with Gasteiger partial charge in [0.25, 0.3) is 5.56 Å². The molecule has 1 aliphatic rings. The molecule has 64 valence electrons. The molecule has 0 N–H and O–H groups in total. The van der Waals surface area contributed by atoms with Crippen LogP contribution < -0.4 is 5.56 Å². The lowest BCUT2D eigenvalue weighted by Crippen LogP contribution is -2.21. The summed E-state index contributed by atoms with van der Waals surface area (Å²) in [4.78, 5) is 11.6. The molecule has 3 heteroatoms. The Kier molecular flexibility index (Phi) is 1.93. The van der Waals surface area contributed by atoms with Gasteiger partial charge in [0.15, 0.2) is 0 Å². The van der Waals surface area contributed by atoms with Gasteiger partial charge in [0.05, 0.1) is 5.88 Å². The Hall–Kier alpha value is -0.760. The molecule has 1 heterocycles. The number of nitrogens with zero attached hydrogens (tertiary/aromatic N) is 1. The maximum absolute atomic E-state index is 11.6. The summed E-state index contributed by atoms with van der Waals surface area (Å²) in [5, 5.41) is 0. The maximum Gasteiger partial charge on any atom is 0.255 e. The smallest absolute Gasteiger partial charge is 0.255 e. The van der Waals surface area contributed by atoms with Gasteiger partial charge < -0.3 is 4.57 Å². The van der Waals surface area contributed by atoms with Crippen LogP contribution in [0.2, 0.25) is 0 Å². The molecule has 0 spiro atoms. The van der Waals surface area contributed by atoms with Crippen molar-refractivity contribution >= 4 is 11.6 Å². The number of halogens is 1. The van der Waals surface area contributed by atoms with Crippen LogP contribution in [0.1, 0.15) is 24.4 Å². The second kappa shape index (κ2) is 2.94. The Morgan fingerprint density at radius 3 is 2.92 bits per heavy atom. The van der Waals surface area contributed by atoms with Crippen LogP contribution in [0.3, 0.4) is 0 Å². The predicted molar refractivity (Wildman–Crippen MR) is 48.5 cm³/mol. The van der Waals surface area contributed by atoms with Crippen molar-refractivity contribution in [2.45, 2.75) is 24.8 Å². The number of hydrogen-bond acceptors (Lipinski definition) is 1. The average molecular weight is 184 g/mol. The van der Waals surface area contributed by atoms with E-state index in [4.69, 9.17) is 11.6 Å². The minimum absolute atomic E-state index is 0.0787. The zero-order valence-electron chi connectivity index (χ0n) is 6.66. The highest BCUT2D eigenvalue weighted by molar-refractivity contribution is 6.17. The molecule has 1 aliphatic carbocycles. The molecule has 0 aromatic carbocycles. The van der Waals surface area contributed by atoms with Crippen LogP contribution in [-0.2, 0) is 5.88 Å². The van der Waals surface area contributed by atoms with E-state index in [1.54, 1.807) is 10.6 Å². The number of aromatic nitrogens is 1. The van der Waals surface area contributed by atoms with Gasteiger partial charge in [0, 0.05) is 17.8 Å². The SMILES string of the molecule is O=c1c(CCl)cccn1C1CC1. The lowest BCUT2D eigenvalue weighted by molar-refractivity contribution is 0.700. The van der Waals surface area contributed by atoms with Crippen molar-refractivity contribution in [2.24, 2.45) is 0 Å². The first-order valence-corrected chi connectivity index (χ1v) is 4.62. The van der Waals surface area contributed by atoms with Gasteiger partial charge in [-0.3, -0.25) is 4.79 Å². The van der Waals surface area contributed by atoms with Crippen LogP contribution in [0.25, 0.3) is 0 Å². The van der Waals surface area contributed by atoms with Crippen LogP contribution in [0.4, 0.5) is 0 Å². The maximum atomic E-state index is 11.6. The molecule has 1 saturated carbocycles. The first-order chi connectivity index (χ1) is 5.83. The van der Waals surface area contributed by atoms with Crippen LogP contribution in [0.15, 0.2) is 23.1 Å². The summed E-state index contributed by atoms with van der Waals surface area (Å²) >= 11 is 5.62. The Morgan fingerprint density at radius 1 is 1.58 bits per heavy atom. The third-order valence-corrected chi connectivity index (χ3v) is 2.43. The van der Waals surface area contributed by atoms with E-state index in [0.29, 0.717) is 17.5 Å². The van der Waals surface area contributed by atoms with E-state index in [2.05, 4.69) is 0 Å². The summed E-state index contributed by atoms with van der Waals surface area (Å²) in [5.74, 6) is 0.312. The van der Waals surface area contributed by atoms with Gasteiger partial charge in [-0.05, 0) is 18.9 Å². The molecule has 1 aromatic heterocycles. The summed E-state index contributed by atoms with van der Waals surface area (Å²) in [6, 6.07) is 4.12. The van der Waals surface area contributed by atoms with Crippen molar-refractivity contribution in [2.75, 3.05) is 0 Å². The van der Waals surface area contributed by atoms with Crippen LogP contribution >= 0.6 is 11.6 Å². The number of hydrogen-bond donors (Lipinski definition) is 0. The normalized spacial score (nSPS) is 16.4. The molecule has 12 heavy (non-hydrogen) atoms. The fraction of sp³-hybridized carbons (Fsp3) is 0.444. The monoisotopic (exact) mass is 183 g/mol. The Morgan fingerprint density at radius 2 is 2.33 bits per heavy atom. The van der Waals surface area contributed by atoms with E-state index in [9.17, 15) is 4.79 Å². The molecule has 0 aliphatic heterocycles. The highest BCUT2D eigenvalue weighted by Crippen LogP contribution is 2.33. The molecule has 1 fully saturated rings. The second-order valence-electron chi connectivity index (χ2n) is 3.11. The highest BCUT2D eigenvalue weighted by atomic mass is 35.5. The topological polar surface area (TPSA) is 22.0 Å². The van der Waals surface area contributed by atoms with Crippen molar-refractivity contribution < 1.29 is 0 Å². The first kappa shape index (κ1) is 7.87. The van der Waals surface area contributed by atoms with Crippen molar-refractivity contribution in [1.29, 1.82) is 0 Å². The summed E-state index contributed by atoms with van der Waals surface area (Å²) in [7, 11) is 0. The molecule has 2 rings (SSSR count). The van der Waals surface area contributed by atoms with Gasteiger partial charge >= 0.3 is 0 Å². The first-order valence-electron chi connectivity index (χ1n) is 4.09. The summed E-state index contributed by atoms with van der Waals surface area (Å²) in [6.07, 6.45) is 4.10.